The summed E-state index contributed by atoms with van der Waals surface area (Å²) in [6, 6.07) is 4.35. The minimum absolute atomic E-state index is 0.318. The van der Waals surface area contributed by atoms with Crippen LogP contribution in [0.2, 0.25) is 0 Å². The Morgan fingerprint density at radius 3 is 2.81 bits per heavy atom. The molecule has 0 aliphatic rings. The lowest BCUT2D eigenvalue weighted by Crippen LogP contribution is -2.19. The Kier molecular flexibility index (Phi) is 5.26. The number of nitrogens with one attached hydrogen (secondary N) is 1. The molecule has 3 heteroatoms. The van der Waals surface area contributed by atoms with Gasteiger partial charge in [-0.05, 0) is 25.5 Å². The molecule has 0 fully saturated rings. The minimum atomic E-state index is 0.318. The van der Waals surface area contributed by atoms with E-state index in [4.69, 9.17) is 4.74 Å². The highest BCUT2D eigenvalue weighted by Crippen LogP contribution is 2.27. The van der Waals surface area contributed by atoms with Crippen LogP contribution in [0.1, 0.15) is 38.3 Å². The van der Waals surface area contributed by atoms with Gasteiger partial charge in [0.2, 0.25) is 5.88 Å². The van der Waals surface area contributed by atoms with E-state index in [1.165, 1.54) is 6.42 Å². The van der Waals surface area contributed by atoms with Crippen molar-refractivity contribution in [1.82, 2.24) is 10.3 Å². The number of pyridine rings is 1. The third-order valence-electron chi connectivity index (χ3n) is 3.05. The fourth-order valence-electron chi connectivity index (χ4n) is 1.81. The molecule has 0 bridgehead atoms. The first-order chi connectivity index (χ1) is 7.72. The van der Waals surface area contributed by atoms with E-state index in [-0.39, 0.29) is 0 Å². The zero-order valence-corrected chi connectivity index (χ0v) is 10.7. The standard InChI is InChI=1S/C13H22N2O/c1-5-10(2)9-12(14-3)11-7-6-8-15-13(11)16-4/h6-8,10,12,14H,5,9H2,1-4H3. The van der Waals surface area contributed by atoms with Crippen molar-refractivity contribution in [3.05, 3.63) is 23.9 Å². The van der Waals surface area contributed by atoms with Crippen LogP contribution in [0.25, 0.3) is 0 Å². The maximum atomic E-state index is 5.29. The average Bonchev–Trinajstić information content (AvgIpc) is 2.35. The number of hydrogen-bond donors (Lipinski definition) is 1. The van der Waals surface area contributed by atoms with Gasteiger partial charge in [-0.2, -0.15) is 0 Å². The Morgan fingerprint density at radius 1 is 1.50 bits per heavy atom. The lowest BCUT2D eigenvalue weighted by atomic mass is 9.95. The summed E-state index contributed by atoms with van der Waals surface area (Å²) in [7, 11) is 3.65. The van der Waals surface area contributed by atoms with Crippen LogP contribution in [0.5, 0.6) is 5.88 Å². The second-order valence-corrected chi connectivity index (χ2v) is 4.19. The SMILES string of the molecule is CCC(C)CC(NC)c1cccnc1OC. The highest BCUT2D eigenvalue weighted by atomic mass is 16.5. The summed E-state index contributed by atoms with van der Waals surface area (Å²) in [5, 5.41) is 3.34. The van der Waals surface area contributed by atoms with E-state index in [9.17, 15) is 0 Å². The van der Waals surface area contributed by atoms with E-state index in [0.29, 0.717) is 12.0 Å². The lowest BCUT2D eigenvalue weighted by Gasteiger charge is -2.21. The van der Waals surface area contributed by atoms with E-state index in [1.54, 1.807) is 13.3 Å². The average molecular weight is 222 g/mol. The lowest BCUT2D eigenvalue weighted by molar-refractivity contribution is 0.368. The molecule has 1 aromatic rings. The van der Waals surface area contributed by atoms with Crippen molar-refractivity contribution in [2.75, 3.05) is 14.2 Å². The molecule has 0 amide bonds. The van der Waals surface area contributed by atoms with E-state index < -0.39 is 0 Å². The van der Waals surface area contributed by atoms with Crippen LogP contribution in [-0.4, -0.2) is 19.1 Å². The van der Waals surface area contributed by atoms with Crippen molar-refractivity contribution in [2.24, 2.45) is 5.92 Å². The quantitative estimate of drug-likeness (QED) is 0.803. The van der Waals surface area contributed by atoms with Gasteiger partial charge in [0.1, 0.15) is 0 Å². The predicted molar refractivity (Wildman–Crippen MR) is 66.7 cm³/mol. The van der Waals surface area contributed by atoms with Crippen molar-refractivity contribution in [3.63, 3.8) is 0 Å². The van der Waals surface area contributed by atoms with Crippen LogP contribution >= 0.6 is 0 Å². The van der Waals surface area contributed by atoms with Gasteiger partial charge in [-0.25, -0.2) is 4.98 Å². The molecule has 0 saturated carbocycles. The van der Waals surface area contributed by atoms with Gasteiger partial charge in [0.05, 0.1) is 7.11 Å². The molecule has 0 aromatic carbocycles. The molecule has 1 heterocycles. The van der Waals surface area contributed by atoms with Crippen molar-refractivity contribution in [2.45, 2.75) is 32.7 Å². The first-order valence-electron chi connectivity index (χ1n) is 5.89. The predicted octanol–water partition coefficient (Wildman–Crippen LogP) is 2.79. The Balaban J connectivity index is 2.85. The zero-order chi connectivity index (χ0) is 12.0. The summed E-state index contributed by atoms with van der Waals surface area (Å²) < 4.78 is 5.29. The van der Waals surface area contributed by atoms with Gasteiger partial charge in [0.15, 0.2) is 0 Å². The normalized spacial score (nSPS) is 14.5. The molecule has 0 aliphatic heterocycles. The number of rotatable bonds is 6. The van der Waals surface area contributed by atoms with E-state index in [0.717, 1.165) is 17.9 Å². The highest BCUT2D eigenvalue weighted by molar-refractivity contribution is 5.28. The van der Waals surface area contributed by atoms with Crippen LogP contribution < -0.4 is 10.1 Å². The molecular formula is C13H22N2O. The van der Waals surface area contributed by atoms with E-state index in [1.807, 2.05) is 13.1 Å². The maximum Gasteiger partial charge on any atom is 0.217 e. The van der Waals surface area contributed by atoms with Gasteiger partial charge in [0, 0.05) is 17.8 Å². The highest BCUT2D eigenvalue weighted by Gasteiger charge is 2.16. The maximum absolute atomic E-state index is 5.29. The van der Waals surface area contributed by atoms with Crippen molar-refractivity contribution in [3.8, 4) is 5.88 Å². The summed E-state index contributed by atoms with van der Waals surface area (Å²) in [5.74, 6) is 1.42. The minimum Gasteiger partial charge on any atom is -0.481 e. The fraction of sp³-hybridized carbons (Fsp3) is 0.615. The second-order valence-electron chi connectivity index (χ2n) is 4.19. The molecule has 16 heavy (non-hydrogen) atoms. The number of aromatic nitrogens is 1. The monoisotopic (exact) mass is 222 g/mol. The van der Waals surface area contributed by atoms with Crippen LogP contribution in [0, 0.1) is 5.92 Å². The zero-order valence-electron chi connectivity index (χ0n) is 10.7. The summed E-state index contributed by atoms with van der Waals surface area (Å²) in [6.07, 6.45) is 4.06. The molecule has 1 N–H and O–H groups in total. The largest absolute Gasteiger partial charge is 0.481 e. The van der Waals surface area contributed by atoms with Gasteiger partial charge in [-0.3, -0.25) is 0 Å². The topological polar surface area (TPSA) is 34.2 Å². The van der Waals surface area contributed by atoms with E-state index >= 15 is 0 Å². The Bertz CT molecular complexity index is 315. The smallest absolute Gasteiger partial charge is 0.217 e. The van der Waals surface area contributed by atoms with Crippen molar-refractivity contribution in [1.29, 1.82) is 0 Å². The van der Waals surface area contributed by atoms with Gasteiger partial charge in [-0.1, -0.05) is 26.3 Å². The number of nitrogens with zero attached hydrogens (tertiary/aromatic N) is 1. The third kappa shape index (κ3) is 3.20. The van der Waals surface area contributed by atoms with Crippen LogP contribution in [-0.2, 0) is 0 Å². The van der Waals surface area contributed by atoms with Gasteiger partial charge in [0.25, 0.3) is 0 Å². The molecule has 1 aromatic heterocycles. The van der Waals surface area contributed by atoms with Gasteiger partial charge >= 0.3 is 0 Å². The van der Waals surface area contributed by atoms with Crippen molar-refractivity contribution < 1.29 is 4.74 Å². The van der Waals surface area contributed by atoms with Gasteiger partial charge < -0.3 is 10.1 Å². The molecule has 2 unspecified atom stereocenters. The summed E-state index contributed by atoms with van der Waals surface area (Å²) in [6.45, 7) is 4.49. The molecule has 0 radical (unpaired) electrons. The third-order valence-corrected chi connectivity index (χ3v) is 3.05. The van der Waals surface area contributed by atoms with Crippen LogP contribution in [0.4, 0.5) is 0 Å². The van der Waals surface area contributed by atoms with E-state index in [2.05, 4.69) is 30.2 Å². The molecule has 90 valence electrons. The Hall–Kier alpha value is -1.09. The number of methoxy groups -OCH3 is 1. The van der Waals surface area contributed by atoms with Crippen molar-refractivity contribution >= 4 is 0 Å². The summed E-state index contributed by atoms with van der Waals surface area (Å²) in [5.41, 5.74) is 1.15. The number of ether oxygens (including phenoxy) is 1. The fourth-order valence-corrected chi connectivity index (χ4v) is 1.81. The molecule has 0 aliphatic carbocycles. The van der Waals surface area contributed by atoms with Gasteiger partial charge in [-0.15, -0.1) is 0 Å². The second kappa shape index (κ2) is 6.48. The first kappa shape index (κ1) is 13.0. The Morgan fingerprint density at radius 2 is 2.25 bits per heavy atom. The molecule has 0 saturated heterocycles. The Labute approximate surface area is 98.2 Å². The molecular weight excluding hydrogens is 200 g/mol. The van der Waals surface area contributed by atoms with Crippen LogP contribution in [0.15, 0.2) is 18.3 Å². The summed E-state index contributed by atoms with van der Waals surface area (Å²) >= 11 is 0. The number of hydrogen-bond acceptors (Lipinski definition) is 3. The first-order valence-corrected chi connectivity index (χ1v) is 5.89. The molecule has 2 atom stereocenters. The molecule has 3 nitrogen and oxygen atoms in total. The summed E-state index contributed by atoms with van der Waals surface area (Å²) in [4.78, 5) is 4.24. The van der Waals surface area contributed by atoms with Crippen LogP contribution in [0.3, 0.4) is 0 Å². The molecule has 1 rings (SSSR count). The molecule has 0 spiro atoms.